The number of hydrogen-bond donors (Lipinski definition) is 2. The highest BCUT2D eigenvalue weighted by Crippen LogP contribution is 2.34. The zero-order chi connectivity index (χ0) is 12.4. The standard InChI is InChI=1S/C11H24N2O2S/c1-4-9(2)13-11(8-12)7-5-6-10(11)16(3,14)15/h9-10,13H,4-8,12H2,1-3H3. The van der Waals surface area contributed by atoms with Crippen LogP contribution in [0.5, 0.6) is 0 Å². The fraction of sp³-hybridized carbons (Fsp3) is 1.00. The number of nitrogens with two attached hydrogens (primary N) is 1. The van der Waals surface area contributed by atoms with Crippen molar-refractivity contribution in [3.05, 3.63) is 0 Å². The zero-order valence-electron chi connectivity index (χ0n) is 10.5. The van der Waals surface area contributed by atoms with Gasteiger partial charge in [-0.15, -0.1) is 0 Å². The van der Waals surface area contributed by atoms with Crippen molar-refractivity contribution in [1.82, 2.24) is 5.32 Å². The number of hydrogen-bond acceptors (Lipinski definition) is 4. The van der Waals surface area contributed by atoms with E-state index in [9.17, 15) is 8.42 Å². The van der Waals surface area contributed by atoms with Crippen molar-refractivity contribution in [2.45, 2.75) is 56.4 Å². The molecule has 3 unspecified atom stereocenters. The second-order valence-corrected chi connectivity index (χ2v) is 7.25. The summed E-state index contributed by atoms with van der Waals surface area (Å²) in [5, 5.41) is 3.12. The largest absolute Gasteiger partial charge is 0.329 e. The lowest BCUT2D eigenvalue weighted by Crippen LogP contribution is -2.60. The lowest BCUT2D eigenvalue weighted by Gasteiger charge is -2.37. The topological polar surface area (TPSA) is 72.2 Å². The molecule has 0 aromatic heterocycles. The number of rotatable bonds is 5. The summed E-state index contributed by atoms with van der Waals surface area (Å²) < 4.78 is 23.6. The highest BCUT2D eigenvalue weighted by atomic mass is 32.2. The summed E-state index contributed by atoms with van der Waals surface area (Å²) in [6.45, 7) is 4.57. The van der Waals surface area contributed by atoms with Gasteiger partial charge in [-0.05, 0) is 26.2 Å². The van der Waals surface area contributed by atoms with Gasteiger partial charge in [-0.2, -0.15) is 0 Å². The van der Waals surface area contributed by atoms with Crippen LogP contribution in [0.15, 0.2) is 0 Å². The van der Waals surface area contributed by atoms with E-state index in [0.29, 0.717) is 12.6 Å². The first-order valence-electron chi connectivity index (χ1n) is 6.02. The lowest BCUT2D eigenvalue weighted by molar-refractivity contribution is 0.302. The van der Waals surface area contributed by atoms with Gasteiger partial charge in [-0.3, -0.25) is 0 Å². The van der Waals surface area contributed by atoms with E-state index >= 15 is 0 Å². The minimum Gasteiger partial charge on any atom is -0.329 e. The minimum absolute atomic E-state index is 0.311. The van der Waals surface area contributed by atoms with Crippen LogP contribution in [0.25, 0.3) is 0 Å². The summed E-state index contributed by atoms with van der Waals surface area (Å²) in [7, 11) is -3.02. The smallest absolute Gasteiger partial charge is 0.152 e. The molecule has 1 aliphatic rings. The highest BCUT2D eigenvalue weighted by molar-refractivity contribution is 7.91. The SMILES string of the molecule is CCC(C)NC1(CN)CCCC1S(C)(=O)=O. The average molecular weight is 248 g/mol. The Morgan fingerprint density at radius 1 is 1.56 bits per heavy atom. The third-order valence-electron chi connectivity index (χ3n) is 3.73. The molecule has 0 amide bonds. The first-order chi connectivity index (χ1) is 7.35. The molecule has 0 saturated heterocycles. The molecule has 0 aromatic carbocycles. The quantitative estimate of drug-likeness (QED) is 0.750. The maximum absolute atomic E-state index is 11.8. The molecule has 16 heavy (non-hydrogen) atoms. The van der Waals surface area contributed by atoms with E-state index in [4.69, 9.17) is 5.73 Å². The second kappa shape index (κ2) is 5.02. The van der Waals surface area contributed by atoms with Crippen LogP contribution in [-0.2, 0) is 9.84 Å². The molecule has 4 nitrogen and oxygen atoms in total. The molecular formula is C11H24N2O2S. The van der Waals surface area contributed by atoms with Crippen LogP contribution >= 0.6 is 0 Å². The van der Waals surface area contributed by atoms with Gasteiger partial charge in [0, 0.05) is 24.4 Å². The Bertz CT molecular complexity index is 329. The molecule has 3 atom stereocenters. The van der Waals surface area contributed by atoms with Gasteiger partial charge in [0.05, 0.1) is 5.25 Å². The maximum atomic E-state index is 11.8. The normalized spacial score (nSPS) is 32.9. The first-order valence-corrected chi connectivity index (χ1v) is 7.98. The summed E-state index contributed by atoms with van der Waals surface area (Å²) in [5.41, 5.74) is 5.43. The van der Waals surface area contributed by atoms with Crippen molar-refractivity contribution < 1.29 is 8.42 Å². The van der Waals surface area contributed by atoms with Crippen molar-refractivity contribution in [2.75, 3.05) is 12.8 Å². The van der Waals surface area contributed by atoms with Crippen LogP contribution < -0.4 is 11.1 Å². The fourth-order valence-corrected chi connectivity index (χ4v) is 4.41. The highest BCUT2D eigenvalue weighted by Gasteiger charge is 2.47. The van der Waals surface area contributed by atoms with Crippen LogP contribution in [-0.4, -0.2) is 38.0 Å². The van der Waals surface area contributed by atoms with Crippen LogP contribution in [0.4, 0.5) is 0 Å². The molecule has 0 heterocycles. The van der Waals surface area contributed by atoms with Gasteiger partial charge in [0.25, 0.3) is 0 Å². The molecular weight excluding hydrogens is 224 g/mol. The molecule has 0 aliphatic heterocycles. The maximum Gasteiger partial charge on any atom is 0.152 e. The fourth-order valence-electron chi connectivity index (χ4n) is 2.71. The van der Waals surface area contributed by atoms with Crippen molar-refractivity contribution in [1.29, 1.82) is 0 Å². The Hall–Kier alpha value is -0.130. The molecule has 1 saturated carbocycles. The molecule has 0 aromatic rings. The molecule has 0 radical (unpaired) electrons. The van der Waals surface area contributed by atoms with Crippen LogP contribution in [0, 0.1) is 0 Å². The van der Waals surface area contributed by atoms with Gasteiger partial charge in [-0.1, -0.05) is 13.3 Å². The summed E-state index contributed by atoms with van der Waals surface area (Å²) in [6, 6.07) is 0.311. The summed E-state index contributed by atoms with van der Waals surface area (Å²) >= 11 is 0. The Morgan fingerprint density at radius 2 is 2.19 bits per heavy atom. The Labute approximate surface area is 98.9 Å². The third kappa shape index (κ3) is 2.76. The Kier molecular flexibility index (Phi) is 4.37. The van der Waals surface area contributed by atoms with Crippen molar-refractivity contribution in [3.8, 4) is 0 Å². The van der Waals surface area contributed by atoms with Crippen molar-refractivity contribution in [3.63, 3.8) is 0 Å². The molecule has 1 fully saturated rings. The molecule has 0 spiro atoms. The summed E-state index contributed by atoms with van der Waals surface area (Å²) in [5.74, 6) is 0. The number of sulfone groups is 1. The molecule has 96 valence electrons. The third-order valence-corrected chi connectivity index (χ3v) is 5.45. The molecule has 1 aliphatic carbocycles. The van der Waals surface area contributed by atoms with Crippen LogP contribution in [0.1, 0.15) is 39.5 Å². The van der Waals surface area contributed by atoms with Gasteiger partial charge in [-0.25, -0.2) is 8.42 Å². The van der Waals surface area contributed by atoms with E-state index in [0.717, 1.165) is 25.7 Å². The van der Waals surface area contributed by atoms with Gasteiger partial charge in [0.1, 0.15) is 0 Å². The molecule has 5 heteroatoms. The van der Waals surface area contributed by atoms with Gasteiger partial charge in [0.15, 0.2) is 9.84 Å². The van der Waals surface area contributed by atoms with Gasteiger partial charge >= 0.3 is 0 Å². The minimum atomic E-state index is -3.02. The first kappa shape index (κ1) is 13.9. The van der Waals surface area contributed by atoms with Crippen molar-refractivity contribution >= 4 is 9.84 Å². The second-order valence-electron chi connectivity index (χ2n) is 5.02. The van der Waals surface area contributed by atoms with Crippen molar-refractivity contribution in [2.24, 2.45) is 5.73 Å². The summed E-state index contributed by atoms with van der Waals surface area (Å²) in [4.78, 5) is 0. The van der Waals surface area contributed by atoms with E-state index in [1.54, 1.807) is 0 Å². The number of nitrogens with one attached hydrogen (secondary N) is 1. The summed E-state index contributed by atoms with van der Waals surface area (Å²) in [6.07, 6.45) is 4.85. The van der Waals surface area contributed by atoms with E-state index < -0.39 is 15.4 Å². The predicted molar refractivity (Wildman–Crippen MR) is 67.2 cm³/mol. The molecule has 3 N–H and O–H groups in total. The van der Waals surface area contributed by atoms with Crippen LogP contribution in [0.3, 0.4) is 0 Å². The Balaban J connectivity index is 2.93. The van der Waals surface area contributed by atoms with Gasteiger partial charge in [0.2, 0.25) is 0 Å². The average Bonchev–Trinajstić information content (AvgIpc) is 2.61. The Morgan fingerprint density at radius 3 is 2.62 bits per heavy atom. The monoisotopic (exact) mass is 248 g/mol. The zero-order valence-corrected chi connectivity index (χ0v) is 11.3. The lowest BCUT2D eigenvalue weighted by atomic mass is 9.95. The van der Waals surface area contributed by atoms with Crippen LogP contribution in [0.2, 0.25) is 0 Å². The van der Waals surface area contributed by atoms with E-state index in [-0.39, 0.29) is 5.25 Å². The molecule has 0 bridgehead atoms. The van der Waals surface area contributed by atoms with E-state index in [2.05, 4.69) is 19.2 Å². The van der Waals surface area contributed by atoms with Gasteiger partial charge < -0.3 is 11.1 Å². The predicted octanol–water partition coefficient (Wildman–Crippen LogP) is 0.669. The van der Waals surface area contributed by atoms with E-state index in [1.165, 1.54) is 6.26 Å². The molecule has 1 rings (SSSR count). The van der Waals surface area contributed by atoms with E-state index in [1.807, 2.05) is 0 Å².